The highest BCUT2D eigenvalue weighted by molar-refractivity contribution is 6.04. The van der Waals surface area contributed by atoms with Crippen LogP contribution in [0.4, 0.5) is 17.3 Å². The summed E-state index contributed by atoms with van der Waals surface area (Å²) < 4.78 is 0. The van der Waals surface area contributed by atoms with Crippen LogP contribution in [0.25, 0.3) is 11.3 Å². The Morgan fingerprint density at radius 1 is 1.11 bits per heavy atom. The number of benzene rings is 2. The maximum Gasteiger partial charge on any atom is 0.255 e. The van der Waals surface area contributed by atoms with E-state index in [9.17, 15) is 4.79 Å². The van der Waals surface area contributed by atoms with Gasteiger partial charge in [-0.3, -0.25) is 14.7 Å². The molecular formula is C29H31N7O. The molecule has 0 spiro atoms. The Morgan fingerprint density at radius 3 is 2.76 bits per heavy atom. The summed E-state index contributed by atoms with van der Waals surface area (Å²) >= 11 is 0. The molecule has 0 saturated carbocycles. The molecule has 2 aromatic carbocycles. The number of carbonyl (C=O) groups excluding carboxylic acids is 1. The third-order valence-corrected chi connectivity index (χ3v) is 6.51. The van der Waals surface area contributed by atoms with Gasteiger partial charge in [0.15, 0.2) is 0 Å². The zero-order valence-corrected chi connectivity index (χ0v) is 21.1. The van der Waals surface area contributed by atoms with E-state index in [0.717, 1.165) is 54.4 Å². The number of hydrogen-bond acceptors (Lipinski definition) is 7. The third kappa shape index (κ3) is 5.99. The Hall–Kier alpha value is -4.14. The maximum absolute atomic E-state index is 13.0. The van der Waals surface area contributed by atoms with Crippen molar-refractivity contribution < 1.29 is 4.79 Å². The summed E-state index contributed by atoms with van der Waals surface area (Å²) in [5.41, 5.74) is 5.18. The van der Waals surface area contributed by atoms with Crippen molar-refractivity contribution in [1.82, 2.24) is 25.2 Å². The van der Waals surface area contributed by atoms with Crippen LogP contribution < -0.4 is 15.5 Å². The first kappa shape index (κ1) is 24.5. The Labute approximate surface area is 217 Å². The van der Waals surface area contributed by atoms with Gasteiger partial charge in [0.05, 0.1) is 5.69 Å². The van der Waals surface area contributed by atoms with Crippen molar-refractivity contribution in [3.8, 4) is 11.3 Å². The van der Waals surface area contributed by atoms with E-state index in [-0.39, 0.29) is 5.91 Å². The third-order valence-electron chi connectivity index (χ3n) is 6.51. The number of rotatable bonds is 7. The predicted octanol–water partition coefficient (Wildman–Crippen LogP) is 4.35. The summed E-state index contributed by atoms with van der Waals surface area (Å²) in [4.78, 5) is 30.8. The van der Waals surface area contributed by atoms with Gasteiger partial charge >= 0.3 is 0 Å². The molecule has 1 saturated heterocycles. The van der Waals surface area contributed by atoms with E-state index in [1.54, 1.807) is 18.6 Å². The molecule has 8 heteroatoms. The van der Waals surface area contributed by atoms with Crippen LogP contribution in [0.1, 0.15) is 22.8 Å². The summed E-state index contributed by atoms with van der Waals surface area (Å²) in [6, 6.07) is 21.6. The quantitative estimate of drug-likeness (QED) is 0.396. The van der Waals surface area contributed by atoms with Crippen molar-refractivity contribution in [2.75, 3.05) is 36.9 Å². The topological polar surface area (TPSA) is 86.3 Å². The fourth-order valence-corrected chi connectivity index (χ4v) is 4.52. The van der Waals surface area contributed by atoms with Gasteiger partial charge in [-0.05, 0) is 61.0 Å². The highest BCUT2D eigenvalue weighted by Gasteiger charge is 2.19. The summed E-state index contributed by atoms with van der Waals surface area (Å²) in [5, 5.41) is 6.62. The Morgan fingerprint density at radius 2 is 1.97 bits per heavy atom. The number of carbonyl (C=O) groups is 1. The van der Waals surface area contributed by atoms with Crippen LogP contribution in [0.2, 0.25) is 0 Å². The molecule has 1 aliphatic heterocycles. The molecule has 2 aromatic heterocycles. The van der Waals surface area contributed by atoms with E-state index < -0.39 is 0 Å². The van der Waals surface area contributed by atoms with Crippen molar-refractivity contribution in [1.29, 1.82) is 0 Å². The van der Waals surface area contributed by atoms with E-state index in [0.29, 0.717) is 17.6 Å². The van der Waals surface area contributed by atoms with Crippen molar-refractivity contribution in [3.63, 3.8) is 0 Å². The summed E-state index contributed by atoms with van der Waals surface area (Å²) in [5.74, 6) is 0.466. The van der Waals surface area contributed by atoms with Gasteiger partial charge in [-0.2, -0.15) is 0 Å². The van der Waals surface area contributed by atoms with E-state index in [1.807, 2.05) is 72.6 Å². The van der Waals surface area contributed by atoms with Crippen LogP contribution in [0.3, 0.4) is 0 Å². The van der Waals surface area contributed by atoms with Crippen molar-refractivity contribution in [3.05, 3.63) is 96.4 Å². The fraction of sp³-hybridized carbons (Fsp3) is 0.241. The number of nitrogens with zero attached hydrogens (tertiary/aromatic N) is 5. The van der Waals surface area contributed by atoms with Gasteiger partial charge in [-0.1, -0.05) is 18.2 Å². The Balaban J connectivity index is 1.44. The van der Waals surface area contributed by atoms with Gasteiger partial charge < -0.3 is 15.5 Å². The number of anilines is 3. The molecule has 1 atom stereocenters. The van der Waals surface area contributed by atoms with Crippen LogP contribution in [-0.2, 0) is 6.54 Å². The minimum Gasteiger partial charge on any atom is -0.322 e. The molecule has 1 amide bonds. The average molecular weight is 494 g/mol. The standard InChI is InChI=1S/C29H31N7O/c1-21-19-36(16-15-31-21)20-24-17-25(10-11-26(24)33-28(37)22-7-4-3-5-8-22)35(2)29-32-14-12-27(34-29)23-9-6-13-30-18-23/h3-14,17-18,21,31H,15-16,19-20H2,1-2H3,(H,33,37). The average Bonchev–Trinajstić information content (AvgIpc) is 2.94. The van der Waals surface area contributed by atoms with Crippen molar-refractivity contribution in [2.45, 2.75) is 19.5 Å². The predicted molar refractivity (Wildman–Crippen MR) is 147 cm³/mol. The zero-order valence-electron chi connectivity index (χ0n) is 21.1. The van der Waals surface area contributed by atoms with E-state index in [1.165, 1.54) is 0 Å². The number of aromatic nitrogens is 3. The van der Waals surface area contributed by atoms with E-state index >= 15 is 0 Å². The first-order valence-electron chi connectivity index (χ1n) is 12.5. The first-order chi connectivity index (χ1) is 18.1. The molecular weight excluding hydrogens is 462 g/mol. The molecule has 5 rings (SSSR count). The van der Waals surface area contributed by atoms with Crippen LogP contribution in [-0.4, -0.2) is 58.5 Å². The number of nitrogens with one attached hydrogen (secondary N) is 2. The molecule has 8 nitrogen and oxygen atoms in total. The molecule has 2 N–H and O–H groups in total. The molecule has 0 bridgehead atoms. The maximum atomic E-state index is 13.0. The van der Waals surface area contributed by atoms with E-state index in [2.05, 4.69) is 38.5 Å². The van der Waals surface area contributed by atoms with Gasteiger partial charge in [0.25, 0.3) is 5.91 Å². The van der Waals surface area contributed by atoms with Gasteiger partial charge in [0, 0.05) is 80.4 Å². The van der Waals surface area contributed by atoms with Crippen molar-refractivity contribution in [2.24, 2.45) is 0 Å². The molecule has 188 valence electrons. The molecule has 37 heavy (non-hydrogen) atoms. The number of hydrogen-bond donors (Lipinski definition) is 2. The number of piperazine rings is 1. The largest absolute Gasteiger partial charge is 0.322 e. The van der Waals surface area contributed by atoms with Crippen LogP contribution in [0, 0.1) is 0 Å². The SMILES string of the molecule is CC1CN(Cc2cc(N(C)c3nccc(-c4cccnc4)n3)ccc2NC(=O)c2ccccc2)CCN1. The lowest BCUT2D eigenvalue weighted by Crippen LogP contribution is -2.48. The highest BCUT2D eigenvalue weighted by Crippen LogP contribution is 2.29. The second kappa shape index (κ2) is 11.3. The van der Waals surface area contributed by atoms with Gasteiger partial charge in [0.1, 0.15) is 0 Å². The lowest BCUT2D eigenvalue weighted by Gasteiger charge is -2.32. The molecule has 0 aliphatic carbocycles. The van der Waals surface area contributed by atoms with Crippen LogP contribution in [0.5, 0.6) is 0 Å². The monoisotopic (exact) mass is 493 g/mol. The normalized spacial score (nSPS) is 15.8. The fourth-order valence-electron chi connectivity index (χ4n) is 4.52. The smallest absolute Gasteiger partial charge is 0.255 e. The first-order valence-corrected chi connectivity index (χ1v) is 12.5. The minimum atomic E-state index is -0.121. The van der Waals surface area contributed by atoms with Crippen molar-refractivity contribution >= 4 is 23.2 Å². The number of amides is 1. The van der Waals surface area contributed by atoms with E-state index in [4.69, 9.17) is 4.98 Å². The van der Waals surface area contributed by atoms with Crippen LogP contribution >= 0.6 is 0 Å². The molecule has 1 fully saturated rings. The summed E-state index contributed by atoms with van der Waals surface area (Å²) in [6.45, 7) is 5.77. The number of pyridine rings is 1. The minimum absolute atomic E-state index is 0.121. The zero-order chi connectivity index (χ0) is 25.6. The molecule has 1 unspecified atom stereocenters. The van der Waals surface area contributed by atoms with Gasteiger partial charge in [-0.15, -0.1) is 0 Å². The highest BCUT2D eigenvalue weighted by atomic mass is 16.1. The Bertz CT molecular complexity index is 1350. The molecule has 3 heterocycles. The van der Waals surface area contributed by atoms with Gasteiger partial charge in [-0.25, -0.2) is 9.97 Å². The molecule has 1 aliphatic rings. The summed E-state index contributed by atoms with van der Waals surface area (Å²) in [6.07, 6.45) is 5.30. The molecule has 0 radical (unpaired) electrons. The lowest BCUT2D eigenvalue weighted by molar-refractivity contribution is 0.102. The Kier molecular flexibility index (Phi) is 7.49. The van der Waals surface area contributed by atoms with Gasteiger partial charge in [0.2, 0.25) is 5.95 Å². The second-order valence-electron chi connectivity index (χ2n) is 9.29. The second-order valence-corrected chi connectivity index (χ2v) is 9.29. The summed E-state index contributed by atoms with van der Waals surface area (Å²) in [7, 11) is 1.95. The molecule has 4 aromatic rings. The van der Waals surface area contributed by atoms with Crippen LogP contribution in [0.15, 0.2) is 85.3 Å². The lowest BCUT2D eigenvalue weighted by atomic mass is 10.1.